The number of hydrogen-bond acceptors (Lipinski definition) is 9. The van der Waals surface area contributed by atoms with Gasteiger partial charge in [0.15, 0.2) is 11.8 Å². The van der Waals surface area contributed by atoms with Gasteiger partial charge in [0, 0.05) is 6.42 Å². The molecule has 0 bridgehead atoms. The zero-order valence-corrected chi connectivity index (χ0v) is 14.6. The van der Waals surface area contributed by atoms with Crippen molar-refractivity contribution < 1.29 is 75.2 Å². The van der Waals surface area contributed by atoms with Gasteiger partial charge in [-0.3, -0.25) is 9.53 Å². The van der Waals surface area contributed by atoms with Crippen LogP contribution in [-0.2, 0) is 23.9 Å². The highest BCUT2D eigenvalue weighted by atomic mass is 31.2. The number of carbonyl (C=O) groups excluding carboxylic acids is 1. The molecule has 0 radical (unpaired) electrons. The molecule has 9 nitrogen and oxygen atoms in total. The van der Waals surface area contributed by atoms with Crippen molar-refractivity contribution >= 4 is 23.0 Å². The summed E-state index contributed by atoms with van der Waals surface area (Å²) in [5.74, 6) is -8.13. The fourth-order valence-corrected chi connectivity index (χ4v) is 2.98. The first-order chi connectivity index (χ1) is 12.2. The fraction of sp³-hybridized carbons (Fsp3) is 0.889. The maximum absolute atomic E-state index is 13.8. The molecule has 0 saturated heterocycles. The summed E-state index contributed by atoms with van der Waals surface area (Å²) in [4.78, 5) is 20.7. The topological polar surface area (TPSA) is 135 Å². The number of ketones is 1. The van der Waals surface area contributed by atoms with E-state index in [0.717, 1.165) is 0 Å². The Morgan fingerprint density at radius 2 is 1.67 bits per heavy atom. The zero-order valence-electron chi connectivity index (χ0n) is 12.8. The lowest BCUT2D eigenvalue weighted by molar-refractivity contribution is -0.436. The van der Waals surface area contributed by atoms with Gasteiger partial charge in [0.2, 0.25) is 14.2 Å². The van der Waals surface area contributed by atoms with Crippen molar-refractivity contribution in [3.05, 3.63) is 0 Å². The quantitative estimate of drug-likeness (QED) is 0.142. The lowest BCUT2D eigenvalue weighted by Crippen LogP contribution is -2.54. The number of Topliss-reactive ketones (excluding diaryl/α,β-unsaturated/α-hetero) is 1. The van der Waals surface area contributed by atoms with Gasteiger partial charge >= 0.3 is 18.1 Å². The summed E-state index contributed by atoms with van der Waals surface area (Å²) in [6, 6.07) is 0. The summed E-state index contributed by atoms with van der Waals surface area (Å²) < 4.78 is 99.1. The predicted octanol–water partition coefficient (Wildman–Crippen LogP) is 2.99. The van der Waals surface area contributed by atoms with Gasteiger partial charge in [0.1, 0.15) is 8.81 Å². The van der Waals surface area contributed by atoms with E-state index in [0.29, 0.717) is 0 Å². The molecule has 0 fully saturated rings. The van der Waals surface area contributed by atoms with Crippen molar-refractivity contribution in [2.45, 2.75) is 42.5 Å². The van der Waals surface area contributed by atoms with Crippen molar-refractivity contribution in [3.8, 4) is 0 Å². The summed E-state index contributed by atoms with van der Waals surface area (Å²) in [6.45, 7) is -2.84. The van der Waals surface area contributed by atoms with E-state index in [2.05, 4.69) is 19.1 Å². The molecule has 162 valence electrons. The summed E-state index contributed by atoms with van der Waals surface area (Å²) in [5.41, 5.74) is 0. The lowest BCUT2D eigenvalue weighted by atomic mass is 10.1. The molecule has 0 spiro atoms. The molecule has 0 aliphatic heterocycles. The van der Waals surface area contributed by atoms with Gasteiger partial charge in [-0.15, -0.1) is 0 Å². The van der Waals surface area contributed by atoms with Crippen LogP contribution in [0, 0.1) is 0 Å². The van der Waals surface area contributed by atoms with Gasteiger partial charge < -0.3 is 10.00 Å². The van der Waals surface area contributed by atoms with Crippen LogP contribution in [0.1, 0.15) is 19.3 Å². The van der Waals surface area contributed by atoms with E-state index in [1.807, 2.05) is 0 Å². The molecule has 4 unspecified atom stereocenters. The van der Waals surface area contributed by atoms with E-state index in [-0.39, 0.29) is 0 Å². The Balaban J connectivity index is 5.19. The Labute approximate surface area is 148 Å². The van der Waals surface area contributed by atoms with E-state index in [9.17, 15) is 45.5 Å². The van der Waals surface area contributed by atoms with E-state index in [1.54, 1.807) is 0 Å². The van der Waals surface area contributed by atoms with Crippen LogP contribution in [0.3, 0.4) is 0 Å². The molecule has 0 heterocycles. The Hall–Kier alpha value is -0.280. The van der Waals surface area contributed by atoms with Gasteiger partial charge in [0.05, 0.1) is 0 Å². The number of rotatable bonds is 13. The van der Waals surface area contributed by atoms with Crippen LogP contribution in [-0.4, -0.2) is 56.2 Å². The normalized spacial score (nSPS) is 19.1. The van der Waals surface area contributed by atoms with E-state index < -0.39 is 72.1 Å². The van der Waals surface area contributed by atoms with Crippen molar-refractivity contribution in [1.82, 2.24) is 0 Å². The molecule has 0 aromatic carbocycles. The Bertz CT molecular complexity index is 485. The van der Waals surface area contributed by atoms with Crippen LogP contribution in [0.15, 0.2) is 0 Å². The highest BCUT2D eigenvalue weighted by molar-refractivity contribution is 7.61. The highest BCUT2D eigenvalue weighted by Crippen LogP contribution is 2.57. The minimum absolute atomic E-state index is 0.911. The molecule has 0 aromatic rings. The van der Waals surface area contributed by atoms with E-state index in [1.165, 1.54) is 0 Å². The summed E-state index contributed by atoms with van der Waals surface area (Å²) in [6.07, 6.45) is -14.9. The Morgan fingerprint density at radius 3 is 2.07 bits per heavy atom. The van der Waals surface area contributed by atoms with Crippen LogP contribution in [0.2, 0.25) is 0 Å². The molecule has 18 heteroatoms. The second-order valence-corrected chi connectivity index (χ2v) is 7.74. The second-order valence-electron chi connectivity index (χ2n) is 4.67. The molecule has 4 atom stereocenters. The molecular weight excluding hydrogens is 447 g/mol. The van der Waals surface area contributed by atoms with E-state index in [4.69, 9.17) is 10.5 Å². The van der Waals surface area contributed by atoms with Crippen molar-refractivity contribution in [1.29, 1.82) is 0 Å². The van der Waals surface area contributed by atoms with Crippen molar-refractivity contribution in [2.24, 2.45) is 0 Å². The average Bonchev–Trinajstić information content (AvgIpc) is 2.57. The van der Waals surface area contributed by atoms with Crippen LogP contribution < -0.4 is 0 Å². The number of alkyl halides is 7. The van der Waals surface area contributed by atoms with Gasteiger partial charge in [-0.2, -0.15) is 35.7 Å². The largest absolute Gasteiger partial charge is 0.456 e. The Kier molecular flexibility index (Phi) is 10.4. The molecule has 27 heavy (non-hydrogen) atoms. The van der Waals surface area contributed by atoms with Crippen molar-refractivity contribution in [2.75, 3.05) is 6.67 Å². The number of carbonyl (C=O) groups is 1. The molecular formula is C9H13F7O9P2. The second kappa shape index (κ2) is 10.5. The molecule has 0 aliphatic rings. The third kappa shape index (κ3) is 7.57. The fourth-order valence-electron chi connectivity index (χ4n) is 1.50. The minimum Gasteiger partial charge on any atom is -0.374 e. The molecule has 4 N–H and O–H groups in total. The number of halogens is 7. The lowest BCUT2D eigenvalue weighted by Gasteiger charge is -2.30. The molecule has 0 aliphatic carbocycles. The van der Waals surface area contributed by atoms with Gasteiger partial charge in [0.25, 0.3) is 0 Å². The SMILES string of the molecule is O=C(CCCC(O)(POOO)P(O)OO)C(F)(OC(F)(F)CF)C(F)(F)F. The molecule has 0 amide bonds. The first kappa shape index (κ1) is 26.7. The van der Waals surface area contributed by atoms with Gasteiger partial charge in [-0.05, 0) is 12.8 Å². The molecule has 0 aromatic heterocycles. The number of ether oxygens (including phenoxy) is 1. The highest BCUT2D eigenvalue weighted by Gasteiger charge is 2.66. The standard InChI is InChI=1S/C9H13F7O9P2/c10-4-6(11,12)22-8(13,9(14,15)16)5(17)2-1-3-7(18,26-25-23-19)27(21)24-20/h18-21,26H,1-4H2. The first-order valence-corrected chi connectivity index (χ1v) is 8.51. The van der Waals surface area contributed by atoms with Gasteiger partial charge in [-0.1, -0.05) is 5.04 Å². The number of aliphatic hydroxyl groups is 1. The van der Waals surface area contributed by atoms with E-state index >= 15 is 0 Å². The third-order valence-corrected chi connectivity index (χ3v) is 5.33. The number of hydrogen-bond donors (Lipinski definition) is 4. The first-order valence-electron chi connectivity index (χ1n) is 6.39. The Morgan fingerprint density at radius 1 is 1.11 bits per heavy atom. The molecule has 0 rings (SSSR count). The average molecular weight is 460 g/mol. The van der Waals surface area contributed by atoms with Crippen molar-refractivity contribution in [3.63, 3.8) is 0 Å². The zero-order chi connectivity index (χ0) is 21.5. The molecule has 0 saturated carbocycles. The van der Waals surface area contributed by atoms with Crippen LogP contribution in [0.25, 0.3) is 0 Å². The maximum Gasteiger partial charge on any atom is 0.456 e. The van der Waals surface area contributed by atoms with Crippen LogP contribution in [0.4, 0.5) is 30.7 Å². The summed E-state index contributed by atoms with van der Waals surface area (Å²) in [5, 5.41) is 26.7. The maximum atomic E-state index is 13.8. The monoisotopic (exact) mass is 460 g/mol. The van der Waals surface area contributed by atoms with Crippen LogP contribution >= 0.6 is 17.2 Å². The van der Waals surface area contributed by atoms with Gasteiger partial charge in [-0.25, -0.2) is 14.9 Å². The third-order valence-electron chi connectivity index (χ3n) is 2.73. The van der Waals surface area contributed by atoms with Crippen LogP contribution in [0.5, 0.6) is 0 Å². The predicted molar refractivity (Wildman–Crippen MR) is 71.7 cm³/mol. The smallest absolute Gasteiger partial charge is 0.374 e. The minimum atomic E-state index is -6.29. The summed E-state index contributed by atoms with van der Waals surface area (Å²) in [7, 11) is -4.58. The summed E-state index contributed by atoms with van der Waals surface area (Å²) >= 11 is 0.